The molecule has 7 nitrogen and oxygen atoms in total. The normalized spacial score (nSPS) is 16.0. The average Bonchev–Trinajstić information content (AvgIpc) is 2.51. The maximum absolute atomic E-state index is 12.0. The number of ether oxygens (including phenoxy) is 1. The fraction of sp³-hybridized carbons (Fsp3) is 0.737. The fourth-order valence-electron chi connectivity index (χ4n) is 2.52. The largest absolute Gasteiger partial charge is 0.444 e. The third kappa shape index (κ3) is 9.44. The summed E-state index contributed by atoms with van der Waals surface area (Å²) in [5, 5.41) is 5.53. The third-order valence-electron chi connectivity index (χ3n) is 3.82. The van der Waals surface area contributed by atoms with Crippen molar-refractivity contribution in [3.63, 3.8) is 0 Å². The Morgan fingerprint density at radius 1 is 1.19 bits per heavy atom. The number of nitrogens with one attached hydrogen (secondary N) is 2. The number of rotatable bonds is 6. The minimum absolute atomic E-state index is 0.0324. The Bertz CT molecular complexity index is 515. The number of carbonyl (C=O) groups excluding carboxylic acids is 3. The van der Waals surface area contributed by atoms with Crippen molar-refractivity contribution < 1.29 is 19.1 Å². The molecule has 148 valence electrons. The molecule has 1 fully saturated rings. The first kappa shape index (κ1) is 22.0. The van der Waals surface area contributed by atoms with Crippen LogP contribution >= 0.6 is 0 Å². The molecule has 0 aromatic rings. The van der Waals surface area contributed by atoms with Crippen LogP contribution in [0.1, 0.15) is 53.9 Å². The summed E-state index contributed by atoms with van der Waals surface area (Å²) in [7, 11) is 0. The van der Waals surface area contributed by atoms with E-state index in [4.69, 9.17) is 4.74 Å². The first-order chi connectivity index (χ1) is 12.1. The summed E-state index contributed by atoms with van der Waals surface area (Å²) >= 11 is 0. The van der Waals surface area contributed by atoms with Gasteiger partial charge in [-0.3, -0.25) is 9.59 Å². The van der Waals surface area contributed by atoms with E-state index >= 15 is 0 Å². The molecule has 2 N–H and O–H groups in total. The number of alkyl carbamates (subject to hydrolysis) is 1. The van der Waals surface area contributed by atoms with Gasteiger partial charge in [0.1, 0.15) is 5.60 Å². The van der Waals surface area contributed by atoms with E-state index in [1.54, 1.807) is 26.8 Å². The molecule has 0 radical (unpaired) electrons. The number of likely N-dealkylation sites (tertiary alicyclic amines) is 1. The van der Waals surface area contributed by atoms with Crippen molar-refractivity contribution in [1.29, 1.82) is 0 Å². The topological polar surface area (TPSA) is 87.7 Å². The highest BCUT2D eigenvalue weighted by molar-refractivity contribution is 5.87. The first-order valence-corrected chi connectivity index (χ1v) is 9.30. The van der Waals surface area contributed by atoms with Crippen LogP contribution in [0.15, 0.2) is 12.2 Å². The fourth-order valence-corrected chi connectivity index (χ4v) is 2.52. The average molecular weight is 367 g/mol. The van der Waals surface area contributed by atoms with Crippen LogP contribution in [0, 0.1) is 5.92 Å². The Morgan fingerprint density at radius 3 is 2.35 bits per heavy atom. The van der Waals surface area contributed by atoms with Crippen LogP contribution in [-0.4, -0.2) is 54.1 Å². The highest BCUT2D eigenvalue weighted by Gasteiger charge is 2.23. The van der Waals surface area contributed by atoms with Crippen molar-refractivity contribution in [2.75, 3.05) is 19.6 Å². The zero-order chi connectivity index (χ0) is 19.7. The lowest BCUT2D eigenvalue weighted by Crippen LogP contribution is -2.46. The summed E-state index contributed by atoms with van der Waals surface area (Å²) in [5.74, 6) is 0.278. The molecule has 1 aliphatic rings. The second-order valence-corrected chi connectivity index (χ2v) is 7.95. The second-order valence-electron chi connectivity index (χ2n) is 7.95. The zero-order valence-corrected chi connectivity index (χ0v) is 16.6. The predicted molar refractivity (Wildman–Crippen MR) is 101 cm³/mol. The maximum Gasteiger partial charge on any atom is 0.407 e. The number of allylic oxidation sites excluding steroid dienone is 1. The van der Waals surface area contributed by atoms with Crippen LogP contribution < -0.4 is 10.6 Å². The van der Waals surface area contributed by atoms with Gasteiger partial charge in [0.15, 0.2) is 0 Å². The zero-order valence-electron chi connectivity index (χ0n) is 16.6. The van der Waals surface area contributed by atoms with Crippen LogP contribution in [0.4, 0.5) is 4.79 Å². The highest BCUT2D eigenvalue weighted by atomic mass is 16.6. The molecular formula is C19H33N3O4. The van der Waals surface area contributed by atoms with Crippen LogP contribution in [0.2, 0.25) is 0 Å². The molecule has 26 heavy (non-hydrogen) atoms. The van der Waals surface area contributed by atoms with Gasteiger partial charge in [-0.2, -0.15) is 0 Å². The van der Waals surface area contributed by atoms with Gasteiger partial charge >= 0.3 is 6.09 Å². The van der Waals surface area contributed by atoms with Crippen LogP contribution in [0.25, 0.3) is 0 Å². The van der Waals surface area contributed by atoms with E-state index in [0.29, 0.717) is 19.0 Å². The van der Waals surface area contributed by atoms with Gasteiger partial charge in [-0.05, 0) is 45.6 Å². The molecule has 1 saturated heterocycles. The number of amides is 3. The summed E-state index contributed by atoms with van der Waals surface area (Å²) in [4.78, 5) is 37.3. The van der Waals surface area contributed by atoms with Crippen molar-refractivity contribution >= 4 is 17.9 Å². The Kier molecular flexibility index (Phi) is 8.61. The third-order valence-corrected chi connectivity index (χ3v) is 3.82. The molecule has 7 heteroatoms. The number of hydrogen-bond donors (Lipinski definition) is 2. The highest BCUT2D eigenvalue weighted by Crippen LogP contribution is 2.11. The lowest BCUT2D eigenvalue weighted by molar-refractivity contribution is -0.127. The van der Waals surface area contributed by atoms with Gasteiger partial charge in [0.2, 0.25) is 11.8 Å². The van der Waals surface area contributed by atoms with E-state index in [-0.39, 0.29) is 30.8 Å². The van der Waals surface area contributed by atoms with Crippen molar-refractivity contribution in [2.24, 2.45) is 5.92 Å². The summed E-state index contributed by atoms with van der Waals surface area (Å²) in [6.45, 7) is 10.9. The quantitative estimate of drug-likeness (QED) is 0.705. The van der Waals surface area contributed by atoms with Crippen molar-refractivity contribution in [2.45, 2.75) is 65.5 Å². The molecule has 1 heterocycles. The monoisotopic (exact) mass is 367 g/mol. The van der Waals surface area contributed by atoms with E-state index in [9.17, 15) is 14.4 Å². The molecular weight excluding hydrogens is 334 g/mol. The molecule has 0 unspecified atom stereocenters. The molecule has 0 bridgehead atoms. The number of nitrogens with zero attached hydrogens (tertiary/aromatic N) is 1. The molecule has 0 saturated carbocycles. The van der Waals surface area contributed by atoms with Crippen LogP contribution in [0.5, 0.6) is 0 Å². The molecule has 0 spiro atoms. The summed E-state index contributed by atoms with van der Waals surface area (Å²) in [6.07, 6.45) is 4.69. The van der Waals surface area contributed by atoms with Gasteiger partial charge in [-0.15, -0.1) is 0 Å². The standard InChI is InChI=1S/C19H33N3O4/c1-14(2)6-7-17(24)22-12-9-15(10-13-22)21-16(23)8-11-20-18(25)26-19(3,4)5/h6-7,14-15H,8-13H2,1-5H3,(H,20,25)(H,21,23)/b7-6+. The number of hydrogen-bond acceptors (Lipinski definition) is 4. The minimum Gasteiger partial charge on any atom is -0.444 e. The van der Waals surface area contributed by atoms with E-state index in [2.05, 4.69) is 10.6 Å². The first-order valence-electron chi connectivity index (χ1n) is 9.30. The van der Waals surface area contributed by atoms with Gasteiger partial charge in [0.25, 0.3) is 0 Å². The lowest BCUT2D eigenvalue weighted by atomic mass is 10.0. The van der Waals surface area contributed by atoms with Crippen molar-refractivity contribution in [3.8, 4) is 0 Å². The smallest absolute Gasteiger partial charge is 0.407 e. The molecule has 0 aromatic heterocycles. The van der Waals surface area contributed by atoms with E-state index in [1.807, 2.05) is 24.8 Å². The van der Waals surface area contributed by atoms with Crippen molar-refractivity contribution in [1.82, 2.24) is 15.5 Å². The molecule has 3 amide bonds. The van der Waals surface area contributed by atoms with Crippen molar-refractivity contribution in [3.05, 3.63) is 12.2 Å². The molecule has 0 aromatic carbocycles. The predicted octanol–water partition coefficient (Wildman–Crippen LogP) is 2.22. The van der Waals surface area contributed by atoms with Gasteiger partial charge < -0.3 is 20.3 Å². The minimum atomic E-state index is -0.553. The summed E-state index contributed by atoms with van der Waals surface area (Å²) in [5.41, 5.74) is -0.553. The molecule has 1 rings (SSSR count). The van der Waals surface area contributed by atoms with E-state index < -0.39 is 11.7 Å². The summed E-state index contributed by atoms with van der Waals surface area (Å²) in [6, 6.07) is 0.0714. The van der Waals surface area contributed by atoms with Gasteiger partial charge in [-0.25, -0.2) is 4.79 Å². The summed E-state index contributed by atoms with van der Waals surface area (Å²) < 4.78 is 5.11. The Labute approximate surface area is 156 Å². The Morgan fingerprint density at radius 2 is 1.81 bits per heavy atom. The second kappa shape index (κ2) is 10.2. The molecule has 1 aliphatic heterocycles. The number of carbonyl (C=O) groups is 3. The molecule has 0 aliphatic carbocycles. The van der Waals surface area contributed by atoms with Gasteiger partial charge in [-0.1, -0.05) is 19.9 Å². The number of piperidine rings is 1. The van der Waals surface area contributed by atoms with E-state index in [0.717, 1.165) is 12.8 Å². The van der Waals surface area contributed by atoms with E-state index in [1.165, 1.54) is 0 Å². The Hall–Kier alpha value is -2.05. The SMILES string of the molecule is CC(C)/C=C/C(=O)N1CCC(NC(=O)CCNC(=O)OC(C)(C)C)CC1. The van der Waals surface area contributed by atoms with Crippen LogP contribution in [0.3, 0.4) is 0 Å². The molecule has 0 atom stereocenters. The maximum atomic E-state index is 12.0. The lowest BCUT2D eigenvalue weighted by Gasteiger charge is -2.31. The van der Waals surface area contributed by atoms with Crippen LogP contribution in [-0.2, 0) is 14.3 Å². The van der Waals surface area contributed by atoms with Gasteiger partial charge in [0.05, 0.1) is 0 Å². The van der Waals surface area contributed by atoms with Gasteiger partial charge in [0, 0.05) is 32.1 Å². The Balaban J connectivity index is 2.23.